The van der Waals surface area contributed by atoms with E-state index >= 15 is 0 Å². The SMILES string of the molecule is N#Cc1ncc(Nc2cc3c(cn2)N=CC3)nc1OCC1CCCCC1. The summed E-state index contributed by atoms with van der Waals surface area (Å²) in [7, 11) is 0. The second-order valence-corrected chi connectivity index (χ2v) is 6.67. The number of aromatic nitrogens is 3. The Hall–Kier alpha value is -3.01. The predicted octanol–water partition coefficient (Wildman–Crippen LogP) is 3.70. The van der Waals surface area contributed by atoms with Crippen LogP contribution in [0.25, 0.3) is 0 Å². The third-order valence-electron chi connectivity index (χ3n) is 4.79. The van der Waals surface area contributed by atoms with E-state index in [0.29, 0.717) is 24.2 Å². The highest BCUT2D eigenvalue weighted by atomic mass is 16.5. The number of nitrogens with one attached hydrogen (secondary N) is 1. The molecule has 1 N–H and O–H groups in total. The van der Waals surface area contributed by atoms with Crippen LogP contribution < -0.4 is 10.1 Å². The zero-order valence-electron chi connectivity index (χ0n) is 14.5. The molecule has 2 aromatic rings. The minimum Gasteiger partial charge on any atom is -0.475 e. The van der Waals surface area contributed by atoms with Crippen molar-refractivity contribution in [3.8, 4) is 11.9 Å². The van der Waals surface area contributed by atoms with Gasteiger partial charge < -0.3 is 10.1 Å². The minimum absolute atomic E-state index is 0.210. The van der Waals surface area contributed by atoms with Gasteiger partial charge in [0.1, 0.15) is 11.9 Å². The molecule has 3 heterocycles. The molecule has 0 saturated heterocycles. The normalized spacial score (nSPS) is 16.1. The summed E-state index contributed by atoms with van der Waals surface area (Å²) in [5.41, 5.74) is 2.23. The topological polar surface area (TPSA) is 96.1 Å². The molecule has 2 aliphatic rings. The van der Waals surface area contributed by atoms with Gasteiger partial charge in [-0.15, -0.1) is 0 Å². The molecule has 0 aromatic carbocycles. The Morgan fingerprint density at radius 1 is 1.15 bits per heavy atom. The zero-order chi connectivity index (χ0) is 17.8. The monoisotopic (exact) mass is 348 g/mol. The molecule has 2 aromatic heterocycles. The molecule has 0 atom stereocenters. The van der Waals surface area contributed by atoms with E-state index in [2.05, 4.69) is 25.3 Å². The molecule has 4 rings (SSSR count). The highest BCUT2D eigenvalue weighted by Gasteiger charge is 2.17. The van der Waals surface area contributed by atoms with Crippen molar-refractivity contribution in [1.82, 2.24) is 15.0 Å². The molecule has 26 heavy (non-hydrogen) atoms. The van der Waals surface area contributed by atoms with E-state index in [9.17, 15) is 5.26 Å². The predicted molar refractivity (Wildman–Crippen MR) is 98.2 cm³/mol. The molecule has 132 valence electrons. The summed E-state index contributed by atoms with van der Waals surface area (Å²) in [4.78, 5) is 17.2. The molecule has 0 unspecified atom stereocenters. The molecular formula is C19H20N6O. The van der Waals surface area contributed by atoms with E-state index in [0.717, 1.165) is 17.7 Å². The minimum atomic E-state index is 0.210. The summed E-state index contributed by atoms with van der Waals surface area (Å²) in [6.45, 7) is 0.585. The molecule has 0 bridgehead atoms. The Balaban J connectivity index is 1.47. The number of rotatable bonds is 5. The van der Waals surface area contributed by atoms with Crippen LogP contribution in [0.3, 0.4) is 0 Å². The van der Waals surface area contributed by atoms with Crippen LogP contribution in [0.4, 0.5) is 17.3 Å². The zero-order valence-corrected chi connectivity index (χ0v) is 14.5. The molecule has 0 radical (unpaired) electrons. The summed E-state index contributed by atoms with van der Waals surface area (Å²) in [6, 6.07) is 4.00. The van der Waals surface area contributed by atoms with Crippen molar-refractivity contribution in [1.29, 1.82) is 5.26 Å². The van der Waals surface area contributed by atoms with Crippen molar-refractivity contribution in [2.75, 3.05) is 11.9 Å². The van der Waals surface area contributed by atoms with Gasteiger partial charge in [-0.25, -0.2) is 9.97 Å². The van der Waals surface area contributed by atoms with Crippen molar-refractivity contribution >= 4 is 23.5 Å². The van der Waals surface area contributed by atoms with E-state index in [4.69, 9.17) is 4.74 Å². The number of hydrogen-bond acceptors (Lipinski definition) is 7. The van der Waals surface area contributed by atoms with Crippen molar-refractivity contribution in [2.24, 2.45) is 10.9 Å². The van der Waals surface area contributed by atoms with E-state index in [1.165, 1.54) is 38.3 Å². The first kappa shape index (κ1) is 16.5. The van der Waals surface area contributed by atoms with Crippen molar-refractivity contribution in [3.05, 3.63) is 29.7 Å². The Bertz CT molecular complexity index is 867. The molecule has 1 aliphatic carbocycles. The van der Waals surface area contributed by atoms with Crippen molar-refractivity contribution in [3.63, 3.8) is 0 Å². The van der Waals surface area contributed by atoms with E-state index in [1.54, 1.807) is 6.20 Å². The number of anilines is 2. The largest absolute Gasteiger partial charge is 0.475 e. The average molecular weight is 348 g/mol. The molecule has 1 aliphatic heterocycles. The number of ether oxygens (including phenoxy) is 1. The summed E-state index contributed by atoms with van der Waals surface area (Å²) in [5, 5.41) is 12.4. The molecular weight excluding hydrogens is 328 g/mol. The average Bonchev–Trinajstić information content (AvgIpc) is 3.15. The van der Waals surface area contributed by atoms with E-state index in [1.807, 2.05) is 18.4 Å². The summed E-state index contributed by atoms with van der Waals surface area (Å²) < 4.78 is 5.84. The first-order chi connectivity index (χ1) is 12.8. The second kappa shape index (κ2) is 7.48. The van der Waals surface area contributed by atoms with Crippen LogP contribution in [-0.4, -0.2) is 27.8 Å². The maximum Gasteiger partial charge on any atom is 0.253 e. The number of nitriles is 1. The number of pyridine rings is 1. The summed E-state index contributed by atoms with van der Waals surface area (Å²) >= 11 is 0. The summed E-state index contributed by atoms with van der Waals surface area (Å²) in [6.07, 6.45) is 12.1. The highest BCUT2D eigenvalue weighted by molar-refractivity contribution is 5.76. The van der Waals surface area contributed by atoms with Crippen LogP contribution in [0, 0.1) is 17.2 Å². The smallest absolute Gasteiger partial charge is 0.253 e. The number of hydrogen-bond donors (Lipinski definition) is 1. The molecule has 0 amide bonds. The fourth-order valence-electron chi connectivity index (χ4n) is 3.37. The van der Waals surface area contributed by atoms with Crippen LogP contribution in [-0.2, 0) is 6.42 Å². The van der Waals surface area contributed by atoms with Gasteiger partial charge in [-0.1, -0.05) is 19.3 Å². The first-order valence-electron chi connectivity index (χ1n) is 9.00. The van der Waals surface area contributed by atoms with Gasteiger partial charge >= 0.3 is 0 Å². The van der Waals surface area contributed by atoms with Gasteiger partial charge in [0.2, 0.25) is 5.69 Å². The standard InChI is InChI=1S/C19H20N6O/c20-9-15-19(26-12-13-4-2-1-3-5-13)25-18(11-22-15)24-17-8-14-6-7-21-16(14)10-23-17/h7-8,10-11,13H,1-6,12H2,(H,23,24,25). The van der Waals surface area contributed by atoms with Gasteiger partial charge in [0.25, 0.3) is 5.88 Å². The number of fused-ring (bicyclic) bond motifs is 1. The molecule has 1 saturated carbocycles. The lowest BCUT2D eigenvalue weighted by molar-refractivity contribution is 0.202. The highest BCUT2D eigenvalue weighted by Crippen LogP contribution is 2.27. The van der Waals surface area contributed by atoms with Crippen LogP contribution in [0.1, 0.15) is 43.4 Å². The molecule has 7 nitrogen and oxygen atoms in total. The fourth-order valence-corrected chi connectivity index (χ4v) is 3.37. The molecule has 0 spiro atoms. The number of aliphatic imine (C=N–C) groups is 1. The van der Waals surface area contributed by atoms with Gasteiger partial charge in [0.05, 0.1) is 24.7 Å². The Labute approximate surface area is 152 Å². The first-order valence-corrected chi connectivity index (χ1v) is 9.00. The summed E-state index contributed by atoms with van der Waals surface area (Å²) in [5.74, 6) is 2.00. The van der Waals surface area contributed by atoms with Crippen LogP contribution in [0.15, 0.2) is 23.5 Å². The van der Waals surface area contributed by atoms with Gasteiger partial charge in [0, 0.05) is 12.6 Å². The van der Waals surface area contributed by atoms with Crippen LogP contribution in [0.5, 0.6) is 5.88 Å². The maximum absolute atomic E-state index is 9.26. The van der Waals surface area contributed by atoms with Gasteiger partial charge in [-0.3, -0.25) is 4.99 Å². The Morgan fingerprint density at radius 2 is 2.04 bits per heavy atom. The van der Waals surface area contributed by atoms with Crippen molar-refractivity contribution < 1.29 is 4.74 Å². The van der Waals surface area contributed by atoms with E-state index < -0.39 is 0 Å². The molecule has 1 fully saturated rings. The van der Waals surface area contributed by atoms with Crippen molar-refractivity contribution in [2.45, 2.75) is 38.5 Å². The third kappa shape index (κ3) is 3.64. The number of nitrogens with zero attached hydrogens (tertiary/aromatic N) is 5. The van der Waals surface area contributed by atoms with Gasteiger partial charge in [-0.05, 0) is 30.4 Å². The van der Waals surface area contributed by atoms with E-state index in [-0.39, 0.29) is 11.6 Å². The lowest BCUT2D eigenvalue weighted by atomic mass is 9.90. The fraction of sp³-hybridized carbons (Fsp3) is 0.421. The van der Waals surface area contributed by atoms with Crippen LogP contribution >= 0.6 is 0 Å². The van der Waals surface area contributed by atoms with Gasteiger partial charge in [0.15, 0.2) is 5.82 Å². The second-order valence-electron chi connectivity index (χ2n) is 6.67. The van der Waals surface area contributed by atoms with Crippen LogP contribution in [0.2, 0.25) is 0 Å². The maximum atomic E-state index is 9.26. The quantitative estimate of drug-likeness (QED) is 0.885. The Kier molecular flexibility index (Phi) is 4.73. The Morgan fingerprint density at radius 3 is 2.88 bits per heavy atom. The lowest BCUT2D eigenvalue weighted by Gasteiger charge is -2.21. The molecule has 7 heteroatoms. The van der Waals surface area contributed by atoms with Gasteiger partial charge in [-0.2, -0.15) is 10.2 Å². The lowest BCUT2D eigenvalue weighted by Crippen LogP contribution is -2.16. The third-order valence-corrected chi connectivity index (χ3v) is 4.79.